The fourth-order valence-electron chi connectivity index (χ4n) is 1.99. The second-order valence-electron chi connectivity index (χ2n) is 5.77. The molecular formula is C15H17FN2O. The van der Waals surface area contributed by atoms with Crippen LogP contribution in [0, 0.1) is 22.6 Å². The van der Waals surface area contributed by atoms with E-state index < -0.39 is 5.41 Å². The summed E-state index contributed by atoms with van der Waals surface area (Å²) in [5.41, 5.74) is -0.135. The number of nitriles is 1. The van der Waals surface area contributed by atoms with Gasteiger partial charge in [0, 0.05) is 12.0 Å². The summed E-state index contributed by atoms with van der Waals surface area (Å²) in [5, 5.41) is 11.8. The third kappa shape index (κ3) is 2.76. The van der Waals surface area contributed by atoms with Crippen molar-refractivity contribution < 1.29 is 9.18 Å². The van der Waals surface area contributed by atoms with Crippen molar-refractivity contribution in [3.05, 3.63) is 35.6 Å². The molecule has 1 saturated carbocycles. The van der Waals surface area contributed by atoms with Gasteiger partial charge < -0.3 is 5.32 Å². The molecule has 1 aliphatic rings. The number of carbonyl (C=O) groups is 1. The lowest BCUT2D eigenvalue weighted by molar-refractivity contribution is -0.124. The summed E-state index contributed by atoms with van der Waals surface area (Å²) in [6, 6.07) is 8.34. The number of rotatable bonds is 4. The van der Waals surface area contributed by atoms with E-state index in [1.54, 1.807) is 12.1 Å². The predicted octanol–water partition coefficient (Wildman–Crippen LogP) is 2.52. The molecule has 0 bridgehead atoms. The molecule has 1 amide bonds. The summed E-state index contributed by atoms with van der Waals surface area (Å²) in [6.45, 7) is 4.39. The summed E-state index contributed by atoms with van der Waals surface area (Å²) >= 11 is 0. The van der Waals surface area contributed by atoms with E-state index in [4.69, 9.17) is 5.26 Å². The number of hydrogen-bond donors (Lipinski definition) is 1. The van der Waals surface area contributed by atoms with Crippen molar-refractivity contribution in [2.45, 2.75) is 32.1 Å². The highest BCUT2D eigenvalue weighted by molar-refractivity contribution is 5.88. The smallest absolute Gasteiger partial charge is 0.240 e. The van der Waals surface area contributed by atoms with E-state index in [1.807, 2.05) is 13.8 Å². The Balaban J connectivity index is 2.00. The van der Waals surface area contributed by atoms with E-state index in [2.05, 4.69) is 11.4 Å². The van der Waals surface area contributed by atoms with E-state index in [0.29, 0.717) is 19.4 Å². The zero-order valence-electron chi connectivity index (χ0n) is 11.2. The quantitative estimate of drug-likeness (QED) is 0.904. The average molecular weight is 260 g/mol. The first-order valence-corrected chi connectivity index (χ1v) is 6.35. The fourth-order valence-corrected chi connectivity index (χ4v) is 1.99. The summed E-state index contributed by atoms with van der Waals surface area (Å²) < 4.78 is 12.9. The van der Waals surface area contributed by atoms with Crippen LogP contribution in [0.4, 0.5) is 4.39 Å². The molecule has 0 unspecified atom stereocenters. The van der Waals surface area contributed by atoms with Gasteiger partial charge in [-0.05, 0) is 30.5 Å². The van der Waals surface area contributed by atoms with Crippen LogP contribution >= 0.6 is 0 Å². The normalized spacial score (nSPS) is 16.5. The molecule has 19 heavy (non-hydrogen) atoms. The first kappa shape index (κ1) is 13.5. The zero-order chi connectivity index (χ0) is 14.1. The molecule has 0 heterocycles. The van der Waals surface area contributed by atoms with Gasteiger partial charge >= 0.3 is 0 Å². The van der Waals surface area contributed by atoms with Crippen molar-refractivity contribution in [3.63, 3.8) is 0 Å². The predicted molar refractivity (Wildman–Crippen MR) is 69.7 cm³/mol. The first-order valence-electron chi connectivity index (χ1n) is 6.35. The van der Waals surface area contributed by atoms with Gasteiger partial charge in [-0.1, -0.05) is 26.0 Å². The van der Waals surface area contributed by atoms with Gasteiger partial charge in [0.2, 0.25) is 5.91 Å². The Morgan fingerprint density at radius 2 is 2.00 bits per heavy atom. The van der Waals surface area contributed by atoms with Gasteiger partial charge in [0.1, 0.15) is 11.2 Å². The van der Waals surface area contributed by atoms with Crippen molar-refractivity contribution in [2.24, 2.45) is 5.41 Å². The molecule has 1 aromatic rings. The van der Waals surface area contributed by atoms with Crippen molar-refractivity contribution >= 4 is 5.91 Å². The van der Waals surface area contributed by atoms with E-state index in [9.17, 15) is 9.18 Å². The highest BCUT2D eigenvalue weighted by Gasteiger charge is 2.50. The zero-order valence-corrected chi connectivity index (χ0v) is 11.2. The highest BCUT2D eigenvalue weighted by atomic mass is 19.1. The minimum atomic E-state index is -0.793. The van der Waals surface area contributed by atoms with Gasteiger partial charge in [0.05, 0.1) is 6.07 Å². The third-order valence-corrected chi connectivity index (χ3v) is 3.72. The van der Waals surface area contributed by atoms with E-state index >= 15 is 0 Å². The van der Waals surface area contributed by atoms with Crippen LogP contribution in [0.25, 0.3) is 0 Å². The number of hydrogen-bond acceptors (Lipinski definition) is 2. The monoisotopic (exact) mass is 260 g/mol. The Morgan fingerprint density at radius 3 is 2.47 bits per heavy atom. The summed E-state index contributed by atoms with van der Waals surface area (Å²) in [4.78, 5) is 11.9. The maximum absolute atomic E-state index is 12.9. The molecule has 4 heteroatoms. The largest absolute Gasteiger partial charge is 0.354 e. The second kappa shape index (κ2) is 4.65. The van der Waals surface area contributed by atoms with Crippen LogP contribution in [0.3, 0.4) is 0 Å². The Kier molecular flexibility index (Phi) is 3.32. The van der Waals surface area contributed by atoms with Crippen LogP contribution in [0.2, 0.25) is 0 Å². The average Bonchev–Trinajstić information content (AvgIpc) is 3.17. The van der Waals surface area contributed by atoms with Crippen LogP contribution < -0.4 is 5.32 Å². The van der Waals surface area contributed by atoms with Crippen LogP contribution in [0.1, 0.15) is 32.3 Å². The number of halogens is 1. The molecule has 0 atom stereocenters. The van der Waals surface area contributed by atoms with Crippen molar-refractivity contribution in [3.8, 4) is 6.07 Å². The van der Waals surface area contributed by atoms with Gasteiger partial charge in [-0.2, -0.15) is 5.26 Å². The first-order chi connectivity index (χ1) is 8.89. The molecule has 0 aromatic heterocycles. The Morgan fingerprint density at radius 1 is 1.42 bits per heavy atom. The van der Waals surface area contributed by atoms with E-state index in [1.165, 1.54) is 12.1 Å². The summed E-state index contributed by atoms with van der Waals surface area (Å²) in [5.74, 6) is -0.463. The highest BCUT2D eigenvalue weighted by Crippen LogP contribution is 2.45. The maximum Gasteiger partial charge on any atom is 0.240 e. The van der Waals surface area contributed by atoms with E-state index in [0.717, 1.165) is 5.56 Å². The molecule has 0 spiro atoms. The van der Waals surface area contributed by atoms with Gasteiger partial charge in [-0.3, -0.25) is 4.79 Å². The molecule has 1 aliphatic carbocycles. The molecule has 1 aromatic carbocycles. The van der Waals surface area contributed by atoms with Crippen molar-refractivity contribution in [2.75, 3.05) is 6.54 Å². The molecular weight excluding hydrogens is 243 g/mol. The minimum Gasteiger partial charge on any atom is -0.354 e. The van der Waals surface area contributed by atoms with E-state index in [-0.39, 0.29) is 17.1 Å². The Bertz CT molecular complexity index is 524. The topological polar surface area (TPSA) is 52.9 Å². The standard InChI is InChI=1S/C15H17FN2O/c1-14(2,11-3-5-12(16)6-4-11)10-18-13(19)15(9-17)7-8-15/h3-6H,7-8,10H2,1-2H3,(H,18,19). The molecule has 1 fully saturated rings. The molecule has 1 N–H and O–H groups in total. The Hall–Kier alpha value is -1.89. The van der Waals surface area contributed by atoms with Crippen molar-refractivity contribution in [1.82, 2.24) is 5.32 Å². The number of benzene rings is 1. The van der Waals surface area contributed by atoms with Crippen LogP contribution in [-0.2, 0) is 10.2 Å². The lowest BCUT2D eigenvalue weighted by Gasteiger charge is -2.26. The number of nitrogens with one attached hydrogen (secondary N) is 1. The van der Waals surface area contributed by atoms with Gasteiger partial charge in [0.15, 0.2) is 0 Å². The van der Waals surface area contributed by atoms with Crippen molar-refractivity contribution in [1.29, 1.82) is 5.26 Å². The molecule has 3 nitrogen and oxygen atoms in total. The SMILES string of the molecule is CC(C)(CNC(=O)C1(C#N)CC1)c1ccc(F)cc1. The number of nitrogens with zero attached hydrogens (tertiary/aromatic N) is 1. The lowest BCUT2D eigenvalue weighted by atomic mass is 9.84. The fraction of sp³-hybridized carbons (Fsp3) is 0.467. The molecule has 0 radical (unpaired) electrons. The minimum absolute atomic E-state index is 0.190. The molecule has 2 rings (SSSR count). The number of carbonyl (C=O) groups excluding carboxylic acids is 1. The molecule has 0 saturated heterocycles. The maximum atomic E-state index is 12.9. The summed E-state index contributed by atoms with van der Waals surface area (Å²) in [7, 11) is 0. The van der Waals surface area contributed by atoms with Crippen LogP contribution in [-0.4, -0.2) is 12.5 Å². The Labute approximate surface area is 112 Å². The van der Waals surface area contributed by atoms with Crippen LogP contribution in [0.15, 0.2) is 24.3 Å². The van der Waals surface area contributed by atoms with Gasteiger partial charge in [0.25, 0.3) is 0 Å². The van der Waals surface area contributed by atoms with Gasteiger partial charge in [-0.15, -0.1) is 0 Å². The molecule has 100 valence electrons. The van der Waals surface area contributed by atoms with Gasteiger partial charge in [-0.25, -0.2) is 4.39 Å². The lowest BCUT2D eigenvalue weighted by Crippen LogP contribution is -2.40. The van der Waals surface area contributed by atoms with Crippen LogP contribution in [0.5, 0.6) is 0 Å². The molecule has 0 aliphatic heterocycles. The summed E-state index contributed by atoms with van der Waals surface area (Å²) in [6.07, 6.45) is 1.29. The third-order valence-electron chi connectivity index (χ3n) is 3.72. The number of amides is 1. The second-order valence-corrected chi connectivity index (χ2v) is 5.77.